The fourth-order valence-electron chi connectivity index (χ4n) is 2.77. The van der Waals surface area contributed by atoms with Crippen LogP contribution in [0.25, 0.3) is 11.0 Å². The average molecular weight is 395 g/mol. The molecule has 1 aromatic heterocycles. The highest BCUT2D eigenvalue weighted by molar-refractivity contribution is 7.99. The molecule has 28 heavy (non-hydrogen) atoms. The molecule has 0 fully saturated rings. The summed E-state index contributed by atoms with van der Waals surface area (Å²) < 4.78 is 2.12. The van der Waals surface area contributed by atoms with Gasteiger partial charge in [-0.05, 0) is 24.1 Å². The average Bonchev–Trinajstić information content (AvgIpc) is 3.07. The number of para-hydroxylation sites is 2. The first-order valence-corrected chi connectivity index (χ1v) is 9.96. The zero-order chi connectivity index (χ0) is 19.8. The summed E-state index contributed by atoms with van der Waals surface area (Å²) in [6, 6.07) is 17.6. The molecule has 0 bridgehead atoms. The lowest BCUT2D eigenvalue weighted by Crippen LogP contribution is -2.40. The van der Waals surface area contributed by atoms with Crippen molar-refractivity contribution in [3.8, 4) is 0 Å². The van der Waals surface area contributed by atoms with Gasteiger partial charge in [0.2, 0.25) is 5.91 Å². The molecule has 3 rings (SSSR count). The highest BCUT2D eigenvalue weighted by Gasteiger charge is 2.14. The van der Waals surface area contributed by atoms with Crippen LogP contribution in [0.1, 0.15) is 5.56 Å². The van der Waals surface area contributed by atoms with E-state index in [4.69, 9.17) is 0 Å². The molecule has 0 aliphatic rings. The van der Waals surface area contributed by atoms with E-state index in [-0.39, 0.29) is 11.7 Å². The van der Waals surface area contributed by atoms with Crippen LogP contribution in [0.15, 0.2) is 72.4 Å². The van der Waals surface area contributed by atoms with Gasteiger partial charge in [-0.1, -0.05) is 60.3 Å². The van der Waals surface area contributed by atoms with Crippen LogP contribution in [0, 0.1) is 0 Å². The monoisotopic (exact) mass is 394 g/mol. The van der Waals surface area contributed by atoms with Crippen LogP contribution in [0.5, 0.6) is 0 Å². The molecule has 0 aliphatic heterocycles. The van der Waals surface area contributed by atoms with E-state index in [0.717, 1.165) is 29.2 Å². The molecular weight excluding hydrogens is 372 g/mol. The zero-order valence-corrected chi connectivity index (χ0v) is 16.2. The number of amides is 3. The number of carbonyl (C=O) groups is 2. The number of rotatable bonds is 8. The molecule has 0 atom stereocenters. The molecule has 144 valence electrons. The van der Waals surface area contributed by atoms with Gasteiger partial charge in [0.1, 0.15) is 0 Å². The van der Waals surface area contributed by atoms with Crippen LogP contribution < -0.4 is 10.6 Å². The lowest BCUT2D eigenvalue weighted by molar-refractivity contribution is -0.117. The van der Waals surface area contributed by atoms with Crippen LogP contribution in [0.4, 0.5) is 4.79 Å². The van der Waals surface area contributed by atoms with Gasteiger partial charge in [0, 0.05) is 13.1 Å². The number of fused-ring (bicyclic) bond motifs is 1. The number of benzene rings is 2. The van der Waals surface area contributed by atoms with Gasteiger partial charge in [0.15, 0.2) is 5.16 Å². The minimum Gasteiger partial charge on any atom is -0.334 e. The Morgan fingerprint density at radius 2 is 1.86 bits per heavy atom. The number of imidazole rings is 1. The number of aryl methyl sites for hydroxylation is 2. The van der Waals surface area contributed by atoms with Crippen molar-refractivity contribution in [1.29, 1.82) is 0 Å². The van der Waals surface area contributed by atoms with Crippen LogP contribution in [-0.4, -0.2) is 33.8 Å². The number of urea groups is 1. The number of nitrogens with zero attached hydrogens (tertiary/aromatic N) is 2. The maximum absolute atomic E-state index is 12.0. The fraction of sp³-hybridized carbons (Fsp3) is 0.190. The SMILES string of the molecule is C=CCNC(=O)NC(=O)CSc1nc2ccccc2n1CCc1ccccc1. The third kappa shape index (κ3) is 5.23. The largest absolute Gasteiger partial charge is 0.334 e. The summed E-state index contributed by atoms with van der Waals surface area (Å²) in [5, 5.41) is 5.58. The molecule has 7 heteroatoms. The molecule has 1 heterocycles. The number of aromatic nitrogens is 2. The molecule has 3 amide bonds. The third-order valence-electron chi connectivity index (χ3n) is 4.08. The number of imide groups is 1. The van der Waals surface area contributed by atoms with Crippen molar-refractivity contribution in [1.82, 2.24) is 20.2 Å². The van der Waals surface area contributed by atoms with Crippen LogP contribution >= 0.6 is 11.8 Å². The van der Waals surface area contributed by atoms with Crippen molar-refractivity contribution in [3.05, 3.63) is 72.8 Å². The van der Waals surface area contributed by atoms with Crippen LogP contribution in [-0.2, 0) is 17.8 Å². The predicted octanol–water partition coefficient (Wildman–Crippen LogP) is 3.38. The Kier molecular flexibility index (Phi) is 6.86. The van der Waals surface area contributed by atoms with E-state index in [1.807, 2.05) is 42.5 Å². The molecule has 2 aromatic carbocycles. The quantitative estimate of drug-likeness (QED) is 0.454. The Morgan fingerprint density at radius 1 is 1.11 bits per heavy atom. The van der Waals surface area contributed by atoms with Crippen molar-refractivity contribution in [2.45, 2.75) is 18.1 Å². The van der Waals surface area contributed by atoms with Crippen molar-refractivity contribution < 1.29 is 9.59 Å². The summed E-state index contributed by atoms with van der Waals surface area (Å²) >= 11 is 1.32. The van der Waals surface area contributed by atoms with E-state index in [1.165, 1.54) is 17.3 Å². The fourth-order valence-corrected chi connectivity index (χ4v) is 3.61. The van der Waals surface area contributed by atoms with Crippen molar-refractivity contribution in [3.63, 3.8) is 0 Å². The van der Waals surface area contributed by atoms with Gasteiger partial charge in [-0.2, -0.15) is 0 Å². The van der Waals surface area contributed by atoms with Gasteiger partial charge >= 0.3 is 6.03 Å². The lowest BCUT2D eigenvalue weighted by atomic mass is 10.1. The smallest absolute Gasteiger partial charge is 0.321 e. The zero-order valence-electron chi connectivity index (χ0n) is 15.4. The minimum atomic E-state index is -0.525. The summed E-state index contributed by atoms with van der Waals surface area (Å²) in [5.41, 5.74) is 3.17. The van der Waals surface area contributed by atoms with E-state index < -0.39 is 6.03 Å². The first-order chi connectivity index (χ1) is 13.7. The highest BCUT2D eigenvalue weighted by Crippen LogP contribution is 2.24. The Balaban J connectivity index is 1.69. The molecule has 0 spiro atoms. The lowest BCUT2D eigenvalue weighted by Gasteiger charge is -2.09. The maximum Gasteiger partial charge on any atom is 0.321 e. The van der Waals surface area contributed by atoms with E-state index >= 15 is 0 Å². The van der Waals surface area contributed by atoms with Crippen molar-refractivity contribution in [2.24, 2.45) is 0 Å². The first-order valence-electron chi connectivity index (χ1n) is 8.98. The van der Waals surface area contributed by atoms with E-state index in [9.17, 15) is 9.59 Å². The summed E-state index contributed by atoms with van der Waals surface area (Å²) in [6.07, 6.45) is 2.42. The number of hydrogen-bond acceptors (Lipinski definition) is 4. The molecule has 0 radical (unpaired) electrons. The van der Waals surface area contributed by atoms with Crippen molar-refractivity contribution >= 4 is 34.7 Å². The molecule has 0 saturated heterocycles. The Morgan fingerprint density at radius 3 is 2.64 bits per heavy atom. The Bertz CT molecular complexity index is 969. The summed E-state index contributed by atoms with van der Waals surface area (Å²) in [7, 11) is 0. The summed E-state index contributed by atoms with van der Waals surface area (Å²) in [5.74, 6) is -0.260. The van der Waals surface area contributed by atoms with Crippen LogP contribution in [0.2, 0.25) is 0 Å². The standard InChI is InChI=1S/C21H22N4O2S/c1-2-13-22-20(27)24-19(26)15-28-21-23-17-10-6-7-11-18(17)25(21)14-12-16-8-4-3-5-9-16/h2-11H,1,12-15H2,(H2,22,24,26,27). The predicted molar refractivity (Wildman–Crippen MR) is 112 cm³/mol. The van der Waals surface area contributed by atoms with Crippen LogP contribution in [0.3, 0.4) is 0 Å². The van der Waals surface area contributed by atoms with E-state index in [2.05, 4.69) is 38.9 Å². The molecule has 3 aromatic rings. The number of hydrogen-bond donors (Lipinski definition) is 2. The summed E-state index contributed by atoms with van der Waals surface area (Å²) in [6.45, 7) is 4.58. The first kappa shape index (κ1) is 19.7. The normalized spacial score (nSPS) is 10.6. The van der Waals surface area contributed by atoms with Gasteiger partial charge < -0.3 is 9.88 Å². The second-order valence-electron chi connectivity index (χ2n) is 6.11. The summed E-state index contributed by atoms with van der Waals surface area (Å²) in [4.78, 5) is 28.3. The molecule has 0 saturated carbocycles. The second kappa shape index (κ2) is 9.75. The van der Waals surface area contributed by atoms with Gasteiger partial charge in [0.25, 0.3) is 0 Å². The minimum absolute atomic E-state index is 0.107. The van der Waals surface area contributed by atoms with Gasteiger partial charge in [0.05, 0.1) is 16.8 Å². The molecule has 0 unspecified atom stereocenters. The highest BCUT2D eigenvalue weighted by atomic mass is 32.2. The maximum atomic E-state index is 12.0. The number of nitrogens with one attached hydrogen (secondary N) is 2. The third-order valence-corrected chi connectivity index (χ3v) is 5.06. The second-order valence-corrected chi connectivity index (χ2v) is 7.05. The van der Waals surface area contributed by atoms with E-state index in [1.54, 1.807) is 6.08 Å². The van der Waals surface area contributed by atoms with Crippen molar-refractivity contribution in [2.75, 3.05) is 12.3 Å². The van der Waals surface area contributed by atoms with Gasteiger partial charge in [-0.3, -0.25) is 10.1 Å². The Labute approximate surface area is 168 Å². The van der Waals surface area contributed by atoms with Gasteiger partial charge in [-0.25, -0.2) is 9.78 Å². The molecular formula is C21H22N4O2S. The number of carbonyl (C=O) groups excluding carboxylic acids is 2. The van der Waals surface area contributed by atoms with E-state index in [0.29, 0.717) is 6.54 Å². The number of thioether (sulfide) groups is 1. The molecule has 0 aliphatic carbocycles. The molecule has 6 nitrogen and oxygen atoms in total. The molecule has 2 N–H and O–H groups in total. The topological polar surface area (TPSA) is 76.0 Å². The van der Waals surface area contributed by atoms with Gasteiger partial charge in [-0.15, -0.1) is 6.58 Å². The Hall–Kier alpha value is -3.06.